The number of rotatable bonds is 3. The van der Waals surface area contributed by atoms with Gasteiger partial charge in [-0.3, -0.25) is 5.32 Å². The molecule has 2 N–H and O–H groups in total. The SMILES string of the molecule is Cc1cc(NC(=O)NCc2cccc3ccccc23)sn1. The monoisotopic (exact) mass is 297 g/mol. The van der Waals surface area contributed by atoms with Crippen molar-refractivity contribution in [1.82, 2.24) is 9.69 Å². The van der Waals surface area contributed by atoms with Crippen LogP contribution in [0.5, 0.6) is 0 Å². The van der Waals surface area contributed by atoms with Gasteiger partial charge in [-0.1, -0.05) is 42.5 Å². The molecule has 0 fully saturated rings. The molecule has 0 bridgehead atoms. The number of carbonyl (C=O) groups excluding carboxylic acids is 1. The topological polar surface area (TPSA) is 54.0 Å². The summed E-state index contributed by atoms with van der Waals surface area (Å²) in [6.07, 6.45) is 0. The van der Waals surface area contributed by atoms with Gasteiger partial charge in [0.25, 0.3) is 0 Å². The lowest BCUT2D eigenvalue weighted by Crippen LogP contribution is -2.27. The average molecular weight is 297 g/mol. The van der Waals surface area contributed by atoms with Crippen molar-refractivity contribution in [2.24, 2.45) is 0 Å². The van der Waals surface area contributed by atoms with Gasteiger partial charge >= 0.3 is 6.03 Å². The van der Waals surface area contributed by atoms with E-state index in [1.165, 1.54) is 16.9 Å². The summed E-state index contributed by atoms with van der Waals surface area (Å²) >= 11 is 1.28. The maximum atomic E-state index is 11.9. The van der Waals surface area contributed by atoms with Gasteiger partial charge in [-0.25, -0.2) is 4.79 Å². The molecule has 5 heteroatoms. The molecule has 0 aliphatic rings. The fourth-order valence-electron chi connectivity index (χ4n) is 2.20. The lowest BCUT2D eigenvalue weighted by Gasteiger charge is -2.08. The van der Waals surface area contributed by atoms with Crippen LogP contribution in [-0.2, 0) is 6.54 Å². The van der Waals surface area contributed by atoms with E-state index in [4.69, 9.17) is 0 Å². The zero-order valence-corrected chi connectivity index (χ0v) is 12.4. The molecule has 106 valence electrons. The van der Waals surface area contributed by atoms with Crippen molar-refractivity contribution in [3.63, 3.8) is 0 Å². The van der Waals surface area contributed by atoms with Gasteiger partial charge in [0.05, 0.1) is 5.69 Å². The van der Waals surface area contributed by atoms with E-state index in [1.54, 1.807) is 0 Å². The molecule has 0 spiro atoms. The number of fused-ring (bicyclic) bond motifs is 1. The van der Waals surface area contributed by atoms with Crippen molar-refractivity contribution in [1.29, 1.82) is 0 Å². The van der Waals surface area contributed by atoms with E-state index in [-0.39, 0.29) is 6.03 Å². The summed E-state index contributed by atoms with van der Waals surface area (Å²) in [5, 5.41) is 8.75. The van der Waals surface area contributed by atoms with Crippen molar-refractivity contribution >= 4 is 33.3 Å². The van der Waals surface area contributed by atoms with Crippen LogP contribution < -0.4 is 10.6 Å². The number of nitrogens with zero attached hydrogens (tertiary/aromatic N) is 1. The number of hydrogen-bond acceptors (Lipinski definition) is 3. The largest absolute Gasteiger partial charge is 0.334 e. The third-order valence-corrected chi connectivity index (χ3v) is 3.98. The van der Waals surface area contributed by atoms with E-state index < -0.39 is 0 Å². The first-order valence-corrected chi connectivity index (χ1v) is 7.44. The quantitative estimate of drug-likeness (QED) is 0.769. The number of urea groups is 1. The molecule has 0 unspecified atom stereocenters. The molecule has 21 heavy (non-hydrogen) atoms. The van der Waals surface area contributed by atoms with E-state index in [1.807, 2.05) is 37.3 Å². The predicted molar refractivity (Wildman–Crippen MR) is 86.7 cm³/mol. The fourth-order valence-corrected chi connectivity index (χ4v) is 2.86. The second-order valence-electron chi connectivity index (χ2n) is 4.78. The minimum Gasteiger partial charge on any atom is -0.334 e. The van der Waals surface area contributed by atoms with Gasteiger partial charge in [0.2, 0.25) is 0 Å². The summed E-state index contributed by atoms with van der Waals surface area (Å²) in [6.45, 7) is 2.39. The van der Waals surface area contributed by atoms with Gasteiger partial charge in [0, 0.05) is 6.54 Å². The summed E-state index contributed by atoms with van der Waals surface area (Å²) in [6, 6.07) is 15.9. The number of nitrogens with one attached hydrogen (secondary N) is 2. The van der Waals surface area contributed by atoms with Gasteiger partial charge in [-0.15, -0.1) is 0 Å². The molecule has 2 amide bonds. The highest BCUT2D eigenvalue weighted by Crippen LogP contribution is 2.18. The third-order valence-electron chi connectivity index (χ3n) is 3.18. The van der Waals surface area contributed by atoms with Crippen molar-refractivity contribution in [2.45, 2.75) is 13.5 Å². The van der Waals surface area contributed by atoms with Crippen LogP contribution >= 0.6 is 11.5 Å². The average Bonchev–Trinajstić information content (AvgIpc) is 2.90. The molecular weight excluding hydrogens is 282 g/mol. The Morgan fingerprint density at radius 1 is 1.19 bits per heavy atom. The molecule has 1 heterocycles. The Bertz CT molecular complexity index is 777. The van der Waals surface area contributed by atoms with Crippen LogP contribution in [0.4, 0.5) is 9.80 Å². The number of anilines is 1. The molecule has 0 saturated carbocycles. The first kappa shape index (κ1) is 13.6. The van der Waals surface area contributed by atoms with E-state index >= 15 is 0 Å². The first-order chi connectivity index (χ1) is 10.2. The van der Waals surface area contributed by atoms with Crippen LogP contribution in [-0.4, -0.2) is 10.4 Å². The van der Waals surface area contributed by atoms with E-state index in [0.717, 1.165) is 21.6 Å². The normalized spacial score (nSPS) is 10.5. The Hall–Kier alpha value is -2.40. The fraction of sp³-hybridized carbons (Fsp3) is 0.125. The number of carbonyl (C=O) groups is 1. The molecule has 3 aromatic rings. The van der Waals surface area contributed by atoms with Crippen LogP contribution in [0.25, 0.3) is 10.8 Å². The maximum absolute atomic E-state index is 11.9. The summed E-state index contributed by atoms with van der Waals surface area (Å²) in [4.78, 5) is 11.9. The van der Waals surface area contributed by atoms with Crippen LogP contribution in [0.2, 0.25) is 0 Å². The summed E-state index contributed by atoms with van der Waals surface area (Å²) < 4.78 is 4.13. The lowest BCUT2D eigenvalue weighted by atomic mass is 10.0. The Balaban J connectivity index is 1.67. The van der Waals surface area contributed by atoms with Crippen molar-refractivity contribution in [3.8, 4) is 0 Å². The van der Waals surface area contributed by atoms with Gasteiger partial charge in [-0.05, 0) is 40.9 Å². The van der Waals surface area contributed by atoms with Gasteiger partial charge in [0.1, 0.15) is 5.00 Å². The van der Waals surface area contributed by atoms with Crippen LogP contribution in [0, 0.1) is 6.92 Å². The smallest absolute Gasteiger partial charge is 0.320 e. The summed E-state index contributed by atoms with van der Waals surface area (Å²) in [5.74, 6) is 0. The maximum Gasteiger partial charge on any atom is 0.320 e. The molecule has 0 atom stereocenters. The van der Waals surface area contributed by atoms with Gasteiger partial charge < -0.3 is 5.32 Å². The summed E-state index contributed by atoms with van der Waals surface area (Å²) in [5.41, 5.74) is 2.01. The highest BCUT2D eigenvalue weighted by molar-refractivity contribution is 7.10. The van der Waals surface area contributed by atoms with E-state index in [2.05, 4.69) is 33.2 Å². The number of amides is 2. The lowest BCUT2D eigenvalue weighted by molar-refractivity contribution is 0.252. The minimum absolute atomic E-state index is 0.216. The standard InChI is InChI=1S/C16H15N3OS/c1-11-9-15(21-19-11)18-16(20)17-10-13-7-4-6-12-5-2-3-8-14(12)13/h2-9H,10H2,1H3,(H2,17,18,20). The van der Waals surface area contributed by atoms with Crippen molar-refractivity contribution < 1.29 is 4.79 Å². The van der Waals surface area contributed by atoms with Crippen LogP contribution in [0.1, 0.15) is 11.3 Å². The van der Waals surface area contributed by atoms with Gasteiger partial charge in [-0.2, -0.15) is 4.37 Å². The third kappa shape index (κ3) is 3.20. The molecule has 4 nitrogen and oxygen atoms in total. The number of aryl methyl sites for hydroxylation is 1. The Kier molecular flexibility index (Phi) is 3.83. The molecule has 0 aliphatic heterocycles. The second kappa shape index (κ2) is 5.93. The zero-order chi connectivity index (χ0) is 14.7. The molecule has 1 aromatic heterocycles. The molecule has 0 saturated heterocycles. The van der Waals surface area contributed by atoms with Crippen LogP contribution in [0.15, 0.2) is 48.5 Å². The predicted octanol–water partition coefficient (Wildman–Crippen LogP) is 3.93. The number of benzene rings is 2. The molecule has 0 radical (unpaired) electrons. The van der Waals surface area contributed by atoms with Gasteiger partial charge in [0.15, 0.2) is 0 Å². The molecule has 2 aromatic carbocycles. The Morgan fingerprint density at radius 3 is 2.81 bits per heavy atom. The van der Waals surface area contributed by atoms with Crippen molar-refractivity contribution in [2.75, 3.05) is 5.32 Å². The highest BCUT2D eigenvalue weighted by atomic mass is 32.1. The minimum atomic E-state index is -0.216. The zero-order valence-electron chi connectivity index (χ0n) is 11.6. The molecular formula is C16H15N3OS. The molecule has 0 aliphatic carbocycles. The van der Waals surface area contributed by atoms with Crippen molar-refractivity contribution in [3.05, 3.63) is 59.8 Å². The second-order valence-corrected chi connectivity index (χ2v) is 5.58. The van der Waals surface area contributed by atoms with E-state index in [9.17, 15) is 4.79 Å². The Labute approximate surface area is 127 Å². The number of aromatic nitrogens is 1. The van der Waals surface area contributed by atoms with Crippen LogP contribution in [0.3, 0.4) is 0 Å². The van der Waals surface area contributed by atoms with E-state index in [0.29, 0.717) is 6.54 Å². The first-order valence-electron chi connectivity index (χ1n) is 6.67. The number of hydrogen-bond donors (Lipinski definition) is 2. The molecule has 3 rings (SSSR count). The Morgan fingerprint density at radius 2 is 2.00 bits per heavy atom. The highest BCUT2D eigenvalue weighted by Gasteiger charge is 2.05. The summed E-state index contributed by atoms with van der Waals surface area (Å²) in [7, 11) is 0.